The molecule has 0 radical (unpaired) electrons. The van der Waals surface area contributed by atoms with Crippen molar-refractivity contribution in [1.29, 1.82) is 0 Å². The van der Waals surface area contributed by atoms with Gasteiger partial charge in [-0.1, -0.05) is 23.7 Å². The van der Waals surface area contributed by atoms with E-state index in [-0.39, 0.29) is 42.6 Å². The number of ether oxygens (including phenoxy) is 2. The van der Waals surface area contributed by atoms with E-state index in [2.05, 4.69) is 15.4 Å². The molecule has 2 N–H and O–H groups in total. The van der Waals surface area contributed by atoms with Gasteiger partial charge in [0.15, 0.2) is 0 Å². The zero-order chi connectivity index (χ0) is 19.4. The Morgan fingerprint density at radius 1 is 1.17 bits per heavy atom. The van der Waals surface area contributed by atoms with Crippen LogP contribution in [0.5, 0.6) is 11.5 Å². The number of benzene rings is 2. The summed E-state index contributed by atoms with van der Waals surface area (Å²) in [5.74, 6) is 0.235. The predicted octanol–water partition coefficient (Wildman–Crippen LogP) is 5.28. The van der Waals surface area contributed by atoms with Crippen molar-refractivity contribution in [3.8, 4) is 11.5 Å². The monoisotopic (exact) mass is 472 g/mol. The molecule has 1 saturated heterocycles. The van der Waals surface area contributed by atoms with E-state index in [9.17, 15) is 13.2 Å². The number of hydrogen-bond acceptors (Lipinski definition) is 4. The highest BCUT2D eigenvalue weighted by Gasteiger charge is 2.32. The van der Waals surface area contributed by atoms with E-state index < -0.39 is 6.36 Å². The fraction of sp³-hybridized carbons (Fsp3) is 0.368. The molecule has 2 aromatic rings. The number of rotatable bonds is 6. The molecular formula is C19H22Cl3F3N2O2. The topological polar surface area (TPSA) is 42.5 Å². The molecule has 162 valence electrons. The second-order valence-corrected chi connectivity index (χ2v) is 6.72. The Labute approximate surface area is 184 Å². The summed E-state index contributed by atoms with van der Waals surface area (Å²) < 4.78 is 46.7. The number of alkyl halides is 3. The molecule has 1 fully saturated rings. The van der Waals surface area contributed by atoms with Crippen LogP contribution in [0.15, 0.2) is 42.5 Å². The minimum absolute atomic E-state index is 0. The Morgan fingerprint density at radius 2 is 1.93 bits per heavy atom. The van der Waals surface area contributed by atoms with E-state index >= 15 is 0 Å². The second kappa shape index (κ2) is 11.1. The molecule has 2 aromatic carbocycles. The largest absolute Gasteiger partial charge is 0.573 e. The highest BCUT2D eigenvalue weighted by molar-refractivity contribution is 6.30. The maximum Gasteiger partial charge on any atom is 0.573 e. The van der Waals surface area contributed by atoms with Gasteiger partial charge >= 0.3 is 6.36 Å². The zero-order valence-corrected chi connectivity index (χ0v) is 17.9. The van der Waals surface area contributed by atoms with Gasteiger partial charge < -0.3 is 20.1 Å². The predicted molar refractivity (Wildman–Crippen MR) is 112 cm³/mol. The molecule has 0 aliphatic carbocycles. The third kappa shape index (κ3) is 7.12. The molecule has 4 nitrogen and oxygen atoms in total. The fourth-order valence-corrected chi connectivity index (χ4v) is 3.50. The molecule has 0 aromatic heterocycles. The van der Waals surface area contributed by atoms with Gasteiger partial charge in [0.25, 0.3) is 0 Å². The average molecular weight is 474 g/mol. The van der Waals surface area contributed by atoms with Crippen LogP contribution < -0.4 is 20.1 Å². The van der Waals surface area contributed by atoms with Gasteiger partial charge in [-0.3, -0.25) is 0 Å². The quantitative estimate of drug-likeness (QED) is 0.599. The maximum atomic E-state index is 12.5. The minimum atomic E-state index is -4.73. The zero-order valence-electron chi connectivity index (χ0n) is 15.5. The molecule has 0 spiro atoms. The lowest BCUT2D eigenvalue weighted by Gasteiger charge is -2.22. The first-order valence-electron chi connectivity index (χ1n) is 8.50. The van der Waals surface area contributed by atoms with Crippen molar-refractivity contribution in [1.82, 2.24) is 10.6 Å². The Bertz CT molecular complexity index is 794. The third-order valence-corrected chi connectivity index (χ3v) is 4.70. The smallest absolute Gasteiger partial charge is 0.496 e. The maximum absolute atomic E-state index is 12.5. The van der Waals surface area contributed by atoms with Crippen molar-refractivity contribution in [2.45, 2.75) is 31.4 Å². The second-order valence-electron chi connectivity index (χ2n) is 6.28. The van der Waals surface area contributed by atoms with Crippen LogP contribution in [0, 0.1) is 0 Å². The summed E-state index contributed by atoms with van der Waals surface area (Å²) in [4.78, 5) is 0. The van der Waals surface area contributed by atoms with Gasteiger partial charge in [0.05, 0.1) is 7.11 Å². The van der Waals surface area contributed by atoms with Crippen molar-refractivity contribution in [3.05, 3.63) is 58.6 Å². The van der Waals surface area contributed by atoms with Crippen LogP contribution in [0.25, 0.3) is 0 Å². The van der Waals surface area contributed by atoms with Crippen LogP contribution >= 0.6 is 36.4 Å². The summed E-state index contributed by atoms with van der Waals surface area (Å²) in [5.41, 5.74) is 1.66. The summed E-state index contributed by atoms with van der Waals surface area (Å²) in [5, 5.41) is 7.51. The Balaban J connectivity index is 0.00000210. The van der Waals surface area contributed by atoms with E-state index in [1.165, 1.54) is 25.3 Å². The molecule has 0 amide bonds. The lowest BCUT2D eigenvalue weighted by molar-refractivity contribution is -0.274. The van der Waals surface area contributed by atoms with Crippen molar-refractivity contribution in [2.24, 2.45) is 0 Å². The van der Waals surface area contributed by atoms with E-state index in [4.69, 9.17) is 16.3 Å². The lowest BCUT2D eigenvalue weighted by atomic mass is 10.0. The first kappa shape index (κ1) is 25.7. The van der Waals surface area contributed by atoms with E-state index in [0.717, 1.165) is 18.5 Å². The molecule has 3 rings (SSSR count). The van der Waals surface area contributed by atoms with Crippen molar-refractivity contribution in [2.75, 3.05) is 13.7 Å². The van der Waals surface area contributed by atoms with Gasteiger partial charge in [-0.05, 0) is 48.9 Å². The van der Waals surface area contributed by atoms with Crippen molar-refractivity contribution in [3.63, 3.8) is 0 Å². The average Bonchev–Trinajstić information content (AvgIpc) is 3.07. The van der Waals surface area contributed by atoms with Gasteiger partial charge in [-0.2, -0.15) is 0 Å². The van der Waals surface area contributed by atoms with Crippen LogP contribution in [-0.2, 0) is 6.54 Å². The number of methoxy groups -OCH3 is 1. The number of nitrogens with one attached hydrogen (secondary N) is 2. The Morgan fingerprint density at radius 3 is 2.59 bits per heavy atom. The molecule has 1 heterocycles. The minimum Gasteiger partial charge on any atom is -0.496 e. The van der Waals surface area contributed by atoms with Crippen LogP contribution in [0.2, 0.25) is 5.02 Å². The molecular weight excluding hydrogens is 452 g/mol. The van der Waals surface area contributed by atoms with Gasteiger partial charge in [0.2, 0.25) is 0 Å². The Hall–Kier alpha value is -1.38. The summed E-state index contributed by atoms with van der Waals surface area (Å²) >= 11 is 6.08. The molecule has 0 saturated carbocycles. The van der Waals surface area contributed by atoms with E-state index in [0.29, 0.717) is 22.9 Å². The molecule has 0 bridgehead atoms. The summed E-state index contributed by atoms with van der Waals surface area (Å²) in [6, 6.07) is 11.9. The summed E-state index contributed by atoms with van der Waals surface area (Å²) in [7, 11) is 1.48. The fourth-order valence-electron chi connectivity index (χ4n) is 3.30. The van der Waals surface area contributed by atoms with Gasteiger partial charge in [-0.15, -0.1) is 38.0 Å². The highest BCUT2D eigenvalue weighted by Crippen LogP contribution is 2.30. The van der Waals surface area contributed by atoms with Crippen LogP contribution in [0.1, 0.15) is 23.6 Å². The van der Waals surface area contributed by atoms with E-state index in [1.54, 1.807) is 0 Å². The Kier molecular flexibility index (Phi) is 9.85. The molecule has 2 atom stereocenters. The summed E-state index contributed by atoms with van der Waals surface area (Å²) in [6.07, 6.45) is -3.84. The highest BCUT2D eigenvalue weighted by atomic mass is 35.5. The molecule has 1 aliphatic rings. The molecule has 10 heteroatoms. The summed E-state index contributed by atoms with van der Waals surface area (Å²) in [6.45, 7) is 1.19. The number of halogens is 6. The van der Waals surface area contributed by atoms with Crippen LogP contribution in [0.4, 0.5) is 13.2 Å². The van der Waals surface area contributed by atoms with Crippen LogP contribution in [-0.4, -0.2) is 26.1 Å². The number of hydrogen-bond donors (Lipinski definition) is 2. The van der Waals surface area contributed by atoms with E-state index in [1.807, 2.05) is 24.3 Å². The molecule has 29 heavy (non-hydrogen) atoms. The van der Waals surface area contributed by atoms with Crippen molar-refractivity contribution >= 4 is 36.4 Å². The lowest BCUT2D eigenvalue weighted by Crippen LogP contribution is -2.34. The molecule has 0 unspecified atom stereocenters. The van der Waals surface area contributed by atoms with Gasteiger partial charge in [0, 0.05) is 29.2 Å². The normalized spacial score (nSPS) is 18.5. The third-order valence-electron chi connectivity index (χ3n) is 4.47. The molecule has 1 aliphatic heterocycles. The first-order chi connectivity index (χ1) is 12.9. The van der Waals surface area contributed by atoms with Gasteiger partial charge in [0.1, 0.15) is 11.5 Å². The van der Waals surface area contributed by atoms with Crippen molar-refractivity contribution < 1.29 is 22.6 Å². The first-order valence-corrected chi connectivity index (χ1v) is 8.88. The van der Waals surface area contributed by atoms with Crippen LogP contribution in [0.3, 0.4) is 0 Å². The standard InChI is InChI=1S/C19H20ClF3N2O2.2ClH/c1-26-17-6-5-15(27-19(21,22)23)10-13(17)11-25-16-7-8-24-18(16)12-3-2-4-14(20)9-12;;/h2-6,9-10,16,18,24-25H,7-8,11H2,1H3;2*1H/t16-,18-;;/m1../s1. The SMILES string of the molecule is COc1ccc(OC(F)(F)F)cc1CN[C@@H]1CCN[C@@H]1c1cccc(Cl)c1.Cl.Cl. The van der Waals surface area contributed by atoms with Gasteiger partial charge in [-0.25, -0.2) is 0 Å².